The van der Waals surface area contributed by atoms with Gasteiger partial charge in [0.25, 0.3) is 0 Å². The second-order valence-electron chi connectivity index (χ2n) is 6.62. The lowest BCUT2D eigenvalue weighted by Gasteiger charge is -2.20. The standard InChI is InChI=1S/C20H32FN3O3.HI/c1-3-17(27-19-8-5-4-7-18(19)21)13-24-20(22-2)23-10-6-11-25-14-16-9-12-26-15-16;/h4-5,7-8,16-17H,3,6,9-15H2,1-2H3,(H2,22,23,24);1H. The maximum absolute atomic E-state index is 13.7. The predicted octanol–water partition coefficient (Wildman–Crippen LogP) is 3.21. The smallest absolute Gasteiger partial charge is 0.191 e. The summed E-state index contributed by atoms with van der Waals surface area (Å²) in [6, 6.07) is 6.46. The van der Waals surface area contributed by atoms with Gasteiger partial charge in [-0.3, -0.25) is 4.99 Å². The molecule has 8 heteroatoms. The molecular weight excluding hydrogens is 476 g/mol. The summed E-state index contributed by atoms with van der Waals surface area (Å²) < 4.78 is 30.5. The Morgan fingerprint density at radius 3 is 2.86 bits per heavy atom. The van der Waals surface area contributed by atoms with Crippen molar-refractivity contribution in [2.24, 2.45) is 10.9 Å². The normalized spacial score (nSPS) is 17.7. The predicted molar refractivity (Wildman–Crippen MR) is 120 cm³/mol. The average Bonchev–Trinajstić information content (AvgIpc) is 3.20. The minimum atomic E-state index is -0.345. The van der Waals surface area contributed by atoms with E-state index in [1.54, 1.807) is 25.2 Å². The number of para-hydroxylation sites is 1. The molecule has 2 unspecified atom stereocenters. The summed E-state index contributed by atoms with van der Waals surface area (Å²) in [5, 5.41) is 6.49. The molecule has 0 aliphatic carbocycles. The second-order valence-corrected chi connectivity index (χ2v) is 6.62. The molecule has 2 rings (SSSR count). The molecule has 6 nitrogen and oxygen atoms in total. The maximum atomic E-state index is 13.7. The molecule has 0 aromatic heterocycles. The van der Waals surface area contributed by atoms with Crippen LogP contribution in [0.1, 0.15) is 26.2 Å². The van der Waals surface area contributed by atoms with Gasteiger partial charge in [0.2, 0.25) is 0 Å². The van der Waals surface area contributed by atoms with Gasteiger partial charge >= 0.3 is 0 Å². The van der Waals surface area contributed by atoms with Crippen molar-refractivity contribution >= 4 is 29.9 Å². The van der Waals surface area contributed by atoms with Gasteiger partial charge in [-0.25, -0.2) is 4.39 Å². The molecule has 0 radical (unpaired) electrons. The van der Waals surface area contributed by atoms with E-state index in [9.17, 15) is 4.39 Å². The highest BCUT2D eigenvalue weighted by Gasteiger charge is 2.15. The highest BCUT2D eigenvalue weighted by Crippen LogP contribution is 2.17. The average molecular weight is 509 g/mol. The van der Waals surface area contributed by atoms with Crippen LogP contribution in [0.4, 0.5) is 4.39 Å². The molecule has 1 heterocycles. The summed E-state index contributed by atoms with van der Waals surface area (Å²) in [5.41, 5.74) is 0. The molecule has 160 valence electrons. The van der Waals surface area contributed by atoms with Crippen molar-refractivity contribution in [2.75, 3.05) is 46.6 Å². The van der Waals surface area contributed by atoms with Gasteiger partial charge in [-0.05, 0) is 31.4 Å². The van der Waals surface area contributed by atoms with Crippen LogP contribution in [0.2, 0.25) is 0 Å². The fraction of sp³-hybridized carbons (Fsp3) is 0.650. The third-order valence-corrected chi connectivity index (χ3v) is 4.44. The lowest BCUT2D eigenvalue weighted by atomic mass is 10.1. The number of hydrogen-bond donors (Lipinski definition) is 2. The summed E-state index contributed by atoms with van der Waals surface area (Å²) >= 11 is 0. The molecule has 2 atom stereocenters. The van der Waals surface area contributed by atoms with Crippen LogP contribution in [-0.2, 0) is 9.47 Å². The SMILES string of the molecule is CCC(CNC(=NC)NCCCOCC1CCOC1)Oc1ccccc1F.I. The third kappa shape index (κ3) is 9.38. The number of benzene rings is 1. The van der Waals surface area contributed by atoms with E-state index in [4.69, 9.17) is 14.2 Å². The Morgan fingerprint density at radius 1 is 1.36 bits per heavy atom. The van der Waals surface area contributed by atoms with Crippen LogP contribution in [0.25, 0.3) is 0 Å². The summed E-state index contributed by atoms with van der Waals surface area (Å²) in [6.45, 7) is 6.50. The first-order chi connectivity index (χ1) is 13.2. The van der Waals surface area contributed by atoms with Crippen LogP contribution in [0, 0.1) is 11.7 Å². The van der Waals surface area contributed by atoms with Crippen molar-refractivity contribution in [2.45, 2.75) is 32.3 Å². The molecule has 1 aromatic carbocycles. The van der Waals surface area contributed by atoms with Crippen molar-refractivity contribution in [3.05, 3.63) is 30.1 Å². The fourth-order valence-electron chi connectivity index (χ4n) is 2.77. The van der Waals surface area contributed by atoms with E-state index in [1.807, 2.05) is 6.92 Å². The molecule has 0 amide bonds. The number of aliphatic imine (C=N–C) groups is 1. The van der Waals surface area contributed by atoms with Gasteiger partial charge in [0.05, 0.1) is 19.8 Å². The number of rotatable bonds is 11. The van der Waals surface area contributed by atoms with Gasteiger partial charge in [-0.2, -0.15) is 0 Å². The van der Waals surface area contributed by atoms with Crippen molar-refractivity contribution < 1.29 is 18.6 Å². The van der Waals surface area contributed by atoms with Gasteiger partial charge in [-0.15, -0.1) is 24.0 Å². The molecule has 0 spiro atoms. The Morgan fingerprint density at radius 2 is 2.18 bits per heavy atom. The van der Waals surface area contributed by atoms with Crippen LogP contribution in [0.15, 0.2) is 29.3 Å². The Balaban J connectivity index is 0.00000392. The Hall–Kier alpha value is -1.13. The molecule has 0 bridgehead atoms. The lowest BCUT2D eigenvalue weighted by Crippen LogP contribution is -2.43. The minimum Gasteiger partial charge on any atom is -0.486 e. The van der Waals surface area contributed by atoms with Crippen molar-refractivity contribution in [3.8, 4) is 5.75 Å². The number of guanidine groups is 1. The van der Waals surface area contributed by atoms with E-state index < -0.39 is 0 Å². The van der Waals surface area contributed by atoms with E-state index in [0.29, 0.717) is 25.0 Å². The Kier molecular flexibility index (Phi) is 13.2. The van der Waals surface area contributed by atoms with Crippen LogP contribution in [0.3, 0.4) is 0 Å². The van der Waals surface area contributed by atoms with Gasteiger partial charge in [-0.1, -0.05) is 19.1 Å². The molecule has 28 heavy (non-hydrogen) atoms. The minimum absolute atomic E-state index is 0. The first kappa shape index (κ1) is 24.9. The van der Waals surface area contributed by atoms with Crippen LogP contribution in [0.5, 0.6) is 5.75 Å². The topological polar surface area (TPSA) is 64.1 Å². The monoisotopic (exact) mass is 509 g/mol. The largest absolute Gasteiger partial charge is 0.486 e. The van der Waals surface area contributed by atoms with Gasteiger partial charge in [0.15, 0.2) is 17.5 Å². The highest BCUT2D eigenvalue weighted by molar-refractivity contribution is 14.0. The molecule has 0 saturated carbocycles. The van der Waals surface area contributed by atoms with E-state index in [2.05, 4.69) is 15.6 Å². The van der Waals surface area contributed by atoms with Crippen molar-refractivity contribution in [1.82, 2.24) is 10.6 Å². The van der Waals surface area contributed by atoms with E-state index in [0.717, 1.165) is 45.6 Å². The van der Waals surface area contributed by atoms with E-state index in [1.165, 1.54) is 6.07 Å². The van der Waals surface area contributed by atoms with E-state index >= 15 is 0 Å². The van der Waals surface area contributed by atoms with E-state index in [-0.39, 0.29) is 41.6 Å². The molecule has 1 saturated heterocycles. The molecule has 1 aromatic rings. The summed E-state index contributed by atoms with van der Waals surface area (Å²) in [5.74, 6) is 1.18. The summed E-state index contributed by atoms with van der Waals surface area (Å²) in [7, 11) is 1.73. The molecule has 1 fully saturated rings. The zero-order valence-electron chi connectivity index (χ0n) is 16.8. The Bertz CT molecular complexity index is 571. The zero-order chi connectivity index (χ0) is 19.3. The van der Waals surface area contributed by atoms with Gasteiger partial charge in [0, 0.05) is 32.7 Å². The first-order valence-electron chi connectivity index (χ1n) is 9.74. The van der Waals surface area contributed by atoms with Crippen molar-refractivity contribution in [1.29, 1.82) is 0 Å². The summed E-state index contributed by atoms with van der Waals surface area (Å²) in [4.78, 5) is 4.21. The van der Waals surface area contributed by atoms with Crippen LogP contribution in [-0.4, -0.2) is 58.6 Å². The number of nitrogens with one attached hydrogen (secondary N) is 2. The van der Waals surface area contributed by atoms with Crippen LogP contribution < -0.4 is 15.4 Å². The third-order valence-electron chi connectivity index (χ3n) is 4.44. The number of halogens is 2. The summed E-state index contributed by atoms with van der Waals surface area (Å²) in [6.07, 6.45) is 2.62. The van der Waals surface area contributed by atoms with Gasteiger partial charge < -0.3 is 24.8 Å². The number of ether oxygens (including phenoxy) is 3. The second kappa shape index (κ2) is 14.8. The first-order valence-corrected chi connectivity index (χ1v) is 9.74. The molecule has 1 aliphatic rings. The van der Waals surface area contributed by atoms with Crippen molar-refractivity contribution in [3.63, 3.8) is 0 Å². The molecule has 2 N–H and O–H groups in total. The molecule has 1 aliphatic heterocycles. The zero-order valence-corrected chi connectivity index (χ0v) is 19.1. The van der Waals surface area contributed by atoms with Crippen LogP contribution >= 0.6 is 24.0 Å². The molecular formula is C20H33FIN3O3. The number of nitrogens with zero attached hydrogens (tertiary/aromatic N) is 1. The maximum Gasteiger partial charge on any atom is 0.191 e. The lowest BCUT2D eigenvalue weighted by molar-refractivity contribution is 0.0888. The van der Waals surface area contributed by atoms with Gasteiger partial charge in [0.1, 0.15) is 6.10 Å². The highest BCUT2D eigenvalue weighted by atomic mass is 127. The fourth-order valence-corrected chi connectivity index (χ4v) is 2.77. The number of hydrogen-bond acceptors (Lipinski definition) is 4. The Labute approximate surface area is 184 Å². The quantitative estimate of drug-likeness (QED) is 0.208.